The van der Waals surface area contributed by atoms with Crippen LogP contribution in [0, 0.1) is 10.1 Å². The van der Waals surface area contributed by atoms with Crippen molar-refractivity contribution in [1.82, 2.24) is 9.97 Å². The minimum absolute atomic E-state index is 0.101. The largest absolute Gasteiger partial charge is 0.431 e. The molecule has 1 fully saturated rings. The van der Waals surface area contributed by atoms with Crippen molar-refractivity contribution < 1.29 is 19.3 Å². The first-order valence-corrected chi connectivity index (χ1v) is 11.2. The number of hydrogen-bond acceptors (Lipinski definition) is 7. The molecule has 2 aromatic heterocycles. The van der Waals surface area contributed by atoms with Gasteiger partial charge in [-0.05, 0) is 11.6 Å². The van der Waals surface area contributed by atoms with Gasteiger partial charge in [0, 0.05) is 17.0 Å². The topological polar surface area (TPSA) is 91.8 Å². The van der Waals surface area contributed by atoms with Gasteiger partial charge in [0.25, 0.3) is 0 Å². The number of para-hydroxylation sites is 2. The van der Waals surface area contributed by atoms with Gasteiger partial charge in [-0.3, -0.25) is 10.1 Å². The highest BCUT2D eigenvalue weighted by Crippen LogP contribution is 2.40. The third-order valence-corrected chi connectivity index (χ3v) is 6.28. The van der Waals surface area contributed by atoms with Crippen molar-refractivity contribution in [2.75, 3.05) is 26.3 Å². The Labute approximate surface area is 188 Å². The van der Waals surface area contributed by atoms with Crippen LogP contribution in [0.2, 0.25) is 0 Å². The highest BCUT2D eigenvalue weighted by Gasteiger charge is 2.23. The summed E-state index contributed by atoms with van der Waals surface area (Å²) in [4.78, 5) is 22.8. The summed E-state index contributed by atoms with van der Waals surface area (Å²) in [6, 6.07) is 16.3. The molecule has 1 N–H and O–H groups in total. The standard InChI is InChI=1S/C23H20N4O4S/c28-27(29)18-8-4-5-9-19(18)31-22-21-17(16-6-2-1-3-7-16)15-32-23(21)25-20(24-22)14-26-10-12-30-13-11-26/h1-9,15H,10-14H2/p+1. The van der Waals surface area contributed by atoms with Gasteiger partial charge in [-0.15, -0.1) is 11.3 Å². The van der Waals surface area contributed by atoms with E-state index in [2.05, 4.69) is 0 Å². The smallest absolute Gasteiger partial charge is 0.311 e. The van der Waals surface area contributed by atoms with Gasteiger partial charge in [-0.2, -0.15) is 4.98 Å². The molecular weight excluding hydrogens is 428 g/mol. The Morgan fingerprint density at radius 3 is 2.59 bits per heavy atom. The van der Waals surface area contributed by atoms with Gasteiger partial charge in [0.1, 0.15) is 24.5 Å². The maximum atomic E-state index is 11.5. The van der Waals surface area contributed by atoms with Crippen LogP contribution in [-0.4, -0.2) is 41.2 Å². The Hall–Kier alpha value is -3.40. The fourth-order valence-corrected chi connectivity index (χ4v) is 4.75. The second kappa shape index (κ2) is 8.99. The number of nitro benzene ring substituents is 1. The molecule has 0 spiro atoms. The Bertz CT molecular complexity index is 1260. The predicted molar refractivity (Wildman–Crippen MR) is 121 cm³/mol. The molecule has 0 saturated carbocycles. The van der Waals surface area contributed by atoms with E-state index < -0.39 is 4.92 Å². The second-order valence-electron chi connectivity index (χ2n) is 7.51. The Balaban J connectivity index is 1.61. The molecule has 5 rings (SSSR count). The normalized spacial score (nSPS) is 14.5. The van der Waals surface area contributed by atoms with E-state index in [4.69, 9.17) is 19.4 Å². The second-order valence-corrected chi connectivity index (χ2v) is 8.36. The molecule has 0 aliphatic carbocycles. The Morgan fingerprint density at radius 2 is 1.81 bits per heavy atom. The molecule has 1 saturated heterocycles. The summed E-state index contributed by atoms with van der Waals surface area (Å²) in [5.41, 5.74) is 1.86. The average Bonchev–Trinajstić information content (AvgIpc) is 3.25. The van der Waals surface area contributed by atoms with Gasteiger partial charge >= 0.3 is 5.69 Å². The van der Waals surface area contributed by atoms with Gasteiger partial charge in [0.05, 0.1) is 23.5 Å². The van der Waals surface area contributed by atoms with Crippen molar-refractivity contribution >= 4 is 27.2 Å². The van der Waals surface area contributed by atoms with E-state index in [-0.39, 0.29) is 11.4 Å². The van der Waals surface area contributed by atoms with E-state index in [0.717, 1.165) is 34.4 Å². The molecule has 0 atom stereocenters. The summed E-state index contributed by atoms with van der Waals surface area (Å²) < 4.78 is 11.6. The SMILES string of the molecule is O=[N+]([O-])c1ccccc1Oc1nc(C[NH+]2CCOCC2)nc2scc(-c3ccccc3)c12. The van der Waals surface area contributed by atoms with Crippen LogP contribution in [0.1, 0.15) is 5.82 Å². The summed E-state index contributed by atoms with van der Waals surface area (Å²) in [5.74, 6) is 1.16. The van der Waals surface area contributed by atoms with Crippen LogP contribution in [0.4, 0.5) is 5.69 Å². The van der Waals surface area contributed by atoms with Gasteiger partial charge < -0.3 is 14.4 Å². The number of nitrogens with zero attached hydrogens (tertiary/aromatic N) is 3. The molecule has 0 bridgehead atoms. The molecule has 32 heavy (non-hydrogen) atoms. The fraction of sp³-hybridized carbons (Fsp3) is 0.217. The van der Waals surface area contributed by atoms with Crippen molar-refractivity contribution in [3.63, 3.8) is 0 Å². The molecule has 1 aliphatic rings. The lowest BCUT2D eigenvalue weighted by Gasteiger charge is -2.23. The molecule has 3 heterocycles. The number of benzene rings is 2. The zero-order chi connectivity index (χ0) is 21.9. The minimum Gasteiger partial charge on any atom is -0.431 e. The monoisotopic (exact) mass is 449 g/mol. The number of ether oxygens (including phenoxy) is 2. The molecule has 9 heteroatoms. The zero-order valence-corrected chi connectivity index (χ0v) is 18.0. The lowest BCUT2D eigenvalue weighted by Crippen LogP contribution is -3.12. The number of rotatable bonds is 6. The molecule has 0 radical (unpaired) electrons. The lowest BCUT2D eigenvalue weighted by atomic mass is 10.1. The maximum Gasteiger partial charge on any atom is 0.311 e. The third kappa shape index (κ3) is 4.18. The molecule has 0 unspecified atom stereocenters. The zero-order valence-electron chi connectivity index (χ0n) is 17.2. The highest BCUT2D eigenvalue weighted by molar-refractivity contribution is 7.17. The summed E-state index contributed by atoms with van der Waals surface area (Å²) in [5, 5.41) is 14.3. The molecule has 0 amide bonds. The number of nitrogens with one attached hydrogen (secondary N) is 1. The van der Waals surface area contributed by atoms with Crippen LogP contribution in [-0.2, 0) is 11.3 Å². The van der Waals surface area contributed by atoms with E-state index in [0.29, 0.717) is 31.5 Å². The Kier molecular flexibility index (Phi) is 5.76. The maximum absolute atomic E-state index is 11.5. The van der Waals surface area contributed by atoms with Crippen molar-refractivity contribution in [3.8, 4) is 22.8 Å². The van der Waals surface area contributed by atoms with E-state index in [9.17, 15) is 10.1 Å². The van der Waals surface area contributed by atoms with E-state index in [1.165, 1.54) is 22.3 Å². The van der Waals surface area contributed by atoms with Crippen LogP contribution in [0.25, 0.3) is 21.3 Å². The van der Waals surface area contributed by atoms with E-state index in [1.54, 1.807) is 18.2 Å². The summed E-state index contributed by atoms with van der Waals surface area (Å²) in [6.45, 7) is 3.86. The first-order valence-electron chi connectivity index (χ1n) is 10.3. The van der Waals surface area contributed by atoms with Crippen molar-refractivity contribution in [2.24, 2.45) is 0 Å². The van der Waals surface area contributed by atoms with Crippen molar-refractivity contribution in [2.45, 2.75) is 6.54 Å². The number of thiophene rings is 1. The molecule has 8 nitrogen and oxygen atoms in total. The number of aromatic nitrogens is 2. The molecular formula is C23H21N4O4S+. The average molecular weight is 450 g/mol. The number of quaternary nitrogens is 1. The first-order chi connectivity index (χ1) is 15.7. The molecule has 162 valence electrons. The van der Waals surface area contributed by atoms with E-state index >= 15 is 0 Å². The van der Waals surface area contributed by atoms with Crippen molar-refractivity contribution in [1.29, 1.82) is 0 Å². The molecule has 4 aromatic rings. The summed E-state index contributed by atoms with van der Waals surface area (Å²) in [7, 11) is 0. The first kappa shape index (κ1) is 20.5. The highest BCUT2D eigenvalue weighted by atomic mass is 32.1. The Morgan fingerprint density at radius 1 is 1.06 bits per heavy atom. The van der Waals surface area contributed by atoms with Crippen LogP contribution < -0.4 is 9.64 Å². The number of fused-ring (bicyclic) bond motifs is 1. The van der Waals surface area contributed by atoms with Crippen LogP contribution >= 0.6 is 11.3 Å². The molecule has 1 aliphatic heterocycles. The summed E-state index contributed by atoms with van der Waals surface area (Å²) in [6.07, 6.45) is 0. The summed E-state index contributed by atoms with van der Waals surface area (Å²) >= 11 is 1.52. The van der Waals surface area contributed by atoms with Crippen LogP contribution in [0.3, 0.4) is 0 Å². The van der Waals surface area contributed by atoms with Gasteiger partial charge in [-0.25, -0.2) is 4.98 Å². The van der Waals surface area contributed by atoms with Gasteiger partial charge in [0.2, 0.25) is 11.6 Å². The number of hydrogen-bond donors (Lipinski definition) is 1. The number of morpholine rings is 1. The fourth-order valence-electron chi connectivity index (χ4n) is 3.79. The van der Waals surface area contributed by atoms with Gasteiger partial charge in [0.15, 0.2) is 5.82 Å². The molecule has 2 aromatic carbocycles. The lowest BCUT2D eigenvalue weighted by molar-refractivity contribution is -0.922. The van der Waals surface area contributed by atoms with Crippen molar-refractivity contribution in [3.05, 3.63) is 75.9 Å². The quantitative estimate of drug-likeness (QED) is 0.358. The predicted octanol–water partition coefficient (Wildman–Crippen LogP) is 3.47. The van der Waals surface area contributed by atoms with Crippen LogP contribution in [0.5, 0.6) is 11.6 Å². The number of nitro groups is 1. The minimum atomic E-state index is -0.446. The van der Waals surface area contributed by atoms with Gasteiger partial charge in [-0.1, -0.05) is 42.5 Å². The third-order valence-electron chi connectivity index (χ3n) is 5.41. The van der Waals surface area contributed by atoms with Crippen LogP contribution in [0.15, 0.2) is 60.0 Å². The van der Waals surface area contributed by atoms with E-state index in [1.807, 2.05) is 35.7 Å².